The summed E-state index contributed by atoms with van der Waals surface area (Å²) in [6.45, 7) is 50.7. The second-order valence-corrected chi connectivity index (χ2v) is 13.9. The molecule has 6 rings (SSSR count). The van der Waals surface area contributed by atoms with E-state index in [9.17, 15) is 0 Å². The highest BCUT2D eigenvalue weighted by molar-refractivity contribution is 5.01. The minimum atomic E-state index is 0. The molecule has 0 unspecified atom stereocenters. The van der Waals surface area contributed by atoms with Crippen molar-refractivity contribution in [3.05, 3.63) is 194 Å². The molecule has 5 aromatic rings. The van der Waals surface area contributed by atoms with Gasteiger partial charge in [0.1, 0.15) is 0 Å². The number of piperazine rings is 1. The highest BCUT2D eigenvalue weighted by atomic mass is 15.2. The molecule has 2 nitrogen and oxygen atoms in total. The van der Waals surface area contributed by atoms with Crippen molar-refractivity contribution in [2.24, 2.45) is 0 Å². The fourth-order valence-electron chi connectivity index (χ4n) is 3.16. The molecule has 72 heavy (non-hydrogen) atoms. The number of hydrogen-bond donors (Lipinski definition) is 0. The van der Waals surface area contributed by atoms with E-state index < -0.39 is 0 Å². The summed E-state index contributed by atoms with van der Waals surface area (Å²) in [6, 6.07) is 60.0. The highest BCUT2D eigenvalue weighted by Crippen LogP contribution is 1.93. The normalized spacial score (nSPS) is 8.94. The van der Waals surface area contributed by atoms with Gasteiger partial charge in [-0.1, -0.05) is 400 Å². The molecular weight excluding hydrogens is 869 g/mol. The van der Waals surface area contributed by atoms with Gasteiger partial charge in [-0.3, -0.25) is 0 Å². The van der Waals surface area contributed by atoms with Crippen LogP contribution in [0.3, 0.4) is 0 Å². The summed E-state index contributed by atoms with van der Waals surface area (Å²) >= 11 is 0. The molecule has 0 N–H and O–H groups in total. The molecule has 0 radical (unpaired) electrons. The molecule has 0 amide bonds. The summed E-state index contributed by atoms with van der Waals surface area (Å²) in [6.07, 6.45) is 14.2. The summed E-state index contributed by atoms with van der Waals surface area (Å²) in [5.41, 5.74) is 0. The first-order chi connectivity index (χ1) is 34.2. The topological polar surface area (TPSA) is 6.48 Å². The minimum Gasteiger partial charge on any atom is -0.304 e. The number of benzene rings is 5. The lowest BCUT2D eigenvalue weighted by Crippen LogP contribution is -2.42. The quantitative estimate of drug-likeness (QED) is 0.163. The fourth-order valence-corrected chi connectivity index (χ4v) is 3.16. The van der Waals surface area contributed by atoms with Crippen LogP contribution < -0.4 is 0 Å². The largest absolute Gasteiger partial charge is 0.304 e. The van der Waals surface area contributed by atoms with Crippen molar-refractivity contribution in [3.63, 3.8) is 0 Å². The summed E-state index contributed by atoms with van der Waals surface area (Å²) in [7, 11) is 4.35. The minimum absolute atomic E-state index is 0. The lowest BCUT2D eigenvalue weighted by atomic mass is 10.4. The van der Waals surface area contributed by atoms with Crippen LogP contribution in [0.5, 0.6) is 0 Å². The van der Waals surface area contributed by atoms with Gasteiger partial charge in [0, 0.05) is 26.2 Å². The van der Waals surface area contributed by atoms with Crippen LogP contribution in [0, 0.1) is 0 Å². The molecule has 0 atom stereocenters. The van der Waals surface area contributed by atoms with Crippen LogP contribution in [-0.4, -0.2) is 50.1 Å². The van der Waals surface area contributed by atoms with Gasteiger partial charge in [-0.15, -0.1) is 0 Å². The average Bonchev–Trinajstić information content (AvgIpc) is 3.44. The maximum Gasteiger partial charge on any atom is 0.0107 e. The van der Waals surface area contributed by atoms with Crippen molar-refractivity contribution >= 4 is 0 Å². The van der Waals surface area contributed by atoms with E-state index in [2.05, 4.69) is 133 Å². The zero-order valence-corrected chi connectivity index (χ0v) is 51.9. The summed E-state index contributed by atoms with van der Waals surface area (Å²) in [5.74, 6) is 0. The van der Waals surface area contributed by atoms with E-state index in [1.165, 1.54) is 77.5 Å². The van der Waals surface area contributed by atoms with Crippen molar-refractivity contribution in [2.45, 2.75) is 219 Å². The number of hydrogen-bond acceptors (Lipinski definition) is 2. The molecular formula is C70H136N2. The number of rotatable bonds is 2. The maximum atomic E-state index is 2.36. The molecule has 0 aliphatic carbocycles. The Morgan fingerprint density at radius 1 is 0.222 bits per heavy atom. The summed E-state index contributed by atoms with van der Waals surface area (Å²) in [4.78, 5) is 4.72. The van der Waals surface area contributed by atoms with Crippen molar-refractivity contribution in [1.82, 2.24) is 9.80 Å². The molecule has 0 saturated carbocycles. The predicted octanol–water partition coefficient (Wildman–Crippen LogP) is 24.5. The van der Waals surface area contributed by atoms with Crippen LogP contribution in [-0.2, 0) is 0 Å². The van der Waals surface area contributed by atoms with Gasteiger partial charge in [-0.2, -0.15) is 0 Å². The van der Waals surface area contributed by atoms with Crippen LogP contribution in [0.1, 0.15) is 219 Å². The average molecular weight is 1010 g/mol. The van der Waals surface area contributed by atoms with Crippen LogP contribution in [0.25, 0.3) is 0 Å². The molecule has 0 spiro atoms. The molecule has 426 valence electrons. The molecule has 1 aliphatic rings. The lowest BCUT2D eigenvalue weighted by molar-refractivity contribution is 0.181. The number of likely N-dealkylation sites (N-methyl/N-ethyl adjacent to an activating group) is 2. The molecule has 1 saturated heterocycles. The van der Waals surface area contributed by atoms with E-state index in [1.807, 2.05) is 237 Å². The predicted molar refractivity (Wildman–Crippen MR) is 352 cm³/mol. The van der Waals surface area contributed by atoms with E-state index in [4.69, 9.17) is 0 Å². The van der Waals surface area contributed by atoms with Crippen LogP contribution in [0.4, 0.5) is 0 Å². The number of allylic oxidation sites excluding steroid dienone is 2. The monoisotopic (exact) mass is 1010 g/mol. The Morgan fingerprint density at radius 2 is 0.292 bits per heavy atom. The lowest BCUT2D eigenvalue weighted by Gasteiger charge is -2.28. The van der Waals surface area contributed by atoms with Gasteiger partial charge < -0.3 is 9.80 Å². The van der Waals surface area contributed by atoms with Crippen molar-refractivity contribution in [1.29, 1.82) is 0 Å². The smallest absolute Gasteiger partial charge is 0.0107 e. The van der Waals surface area contributed by atoms with Gasteiger partial charge in [0.05, 0.1) is 0 Å². The first kappa shape index (κ1) is 101. The Morgan fingerprint density at radius 3 is 0.347 bits per heavy atom. The maximum absolute atomic E-state index is 2.36. The molecule has 5 aromatic carbocycles. The van der Waals surface area contributed by atoms with Crippen molar-refractivity contribution in [2.75, 3.05) is 40.3 Å². The van der Waals surface area contributed by atoms with E-state index in [1.54, 1.807) is 0 Å². The van der Waals surface area contributed by atoms with Crippen LogP contribution in [0.2, 0.25) is 0 Å². The van der Waals surface area contributed by atoms with E-state index in [0.717, 1.165) is 0 Å². The van der Waals surface area contributed by atoms with Crippen LogP contribution in [0.15, 0.2) is 194 Å². The van der Waals surface area contributed by atoms with Crippen molar-refractivity contribution < 1.29 is 0 Å². The van der Waals surface area contributed by atoms with Crippen LogP contribution >= 0.6 is 0 Å². The van der Waals surface area contributed by atoms with Gasteiger partial charge in [0.25, 0.3) is 0 Å². The number of nitrogens with zero attached hydrogens (tertiary/aromatic N) is 2. The van der Waals surface area contributed by atoms with Gasteiger partial charge in [0.2, 0.25) is 0 Å². The molecule has 1 fully saturated rings. The first-order valence-electron chi connectivity index (χ1n) is 28.2. The fraction of sp³-hybridized carbons (Fsp3) is 0.543. The second kappa shape index (κ2) is 138. The molecule has 2 heteroatoms. The SMILES string of the molecule is C.C.CC.CC.CC.CC.CCC.CCC.CCC.CCC.CCC.CCC.CCC=CCC.CN1CCN(C)CC1.c1ccccc1.c1ccccc1.c1ccccc1.c1ccccc1.c1ccccc1. The van der Waals surface area contributed by atoms with Gasteiger partial charge in [-0.05, 0) is 26.9 Å². The third kappa shape index (κ3) is 184. The first-order valence-corrected chi connectivity index (χ1v) is 28.2. The Labute approximate surface area is 460 Å². The van der Waals surface area contributed by atoms with E-state index in [0.29, 0.717) is 0 Å². The van der Waals surface area contributed by atoms with Gasteiger partial charge >= 0.3 is 0 Å². The Bertz CT molecular complexity index is 877. The van der Waals surface area contributed by atoms with Gasteiger partial charge in [-0.25, -0.2) is 0 Å². The molecule has 1 aliphatic heterocycles. The Balaban J connectivity index is -0.0000000475. The van der Waals surface area contributed by atoms with Gasteiger partial charge in [0.15, 0.2) is 0 Å². The zero-order valence-electron chi connectivity index (χ0n) is 51.9. The van der Waals surface area contributed by atoms with E-state index >= 15 is 0 Å². The molecule has 1 heterocycles. The highest BCUT2D eigenvalue weighted by Gasteiger charge is 2.07. The summed E-state index contributed by atoms with van der Waals surface area (Å²) < 4.78 is 0. The molecule has 0 bridgehead atoms. The zero-order chi connectivity index (χ0) is 56.3. The van der Waals surface area contributed by atoms with E-state index in [-0.39, 0.29) is 14.9 Å². The standard InChI is InChI=1S/C6H14N2.5C6H6.C6H12.6C3H8.4C2H6.2CH4/c1-7-3-5-8(2)6-4-7;5*1-2-4-6-5-3-1;1-3-5-6-4-2;6*1-3-2;4*1-2;;/h3-6H2,1-2H3;5*1-6H;5-6H,3-4H2,1-2H3;6*3H2,1-2H3;4*1-2H3;2*1H4. The Hall–Kier alpha value is -4.24. The second-order valence-electron chi connectivity index (χ2n) is 13.9. The van der Waals surface area contributed by atoms with Crippen molar-refractivity contribution in [3.8, 4) is 0 Å². The summed E-state index contributed by atoms with van der Waals surface area (Å²) in [5, 5.41) is 0. The Kier molecular flexibility index (Phi) is 193. The molecule has 0 aromatic heterocycles. The third-order valence-corrected chi connectivity index (χ3v) is 5.70. The third-order valence-electron chi connectivity index (χ3n) is 5.70.